The Kier molecular flexibility index (Phi) is 9.80. The molecular formula is C20H30F2O5. The molecule has 7 heteroatoms. The monoisotopic (exact) mass is 388 g/mol. The second-order valence-electron chi connectivity index (χ2n) is 7.11. The van der Waals surface area contributed by atoms with Crippen molar-refractivity contribution in [3.05, 3.63) is 24.3 Å². The van der Waals surface area contributed by atoms with Gasteiger partial charge < -0.3 is 15.3 Å². The fraction of sp³-hybridized carbons (Fsp3) is 0.700. The third-order valence-electron chi connectivity index (χ3n) is 4.87. The summed E-state index contributed by atoms with van der Waals surface area (Å²) in [5.41, 5.74) is 0. The molecule has 0 saturated heterocycles. The van der Waals surface area contributed by atoms with Gasteiger partial charge in [-0.3, -0.25) is 9.59 Å². The number of aliphatic hydroxyl groups is 2. The average molecular weight is 388 g/mol. The molecule has 3 N–H and O–H groups in total. The molecule has 4 atom stereocenters. The number of allylic oxidation sites excluding steroid dienone is 2. The first kappa shape index (κ1) is 23.4. The number of carbonyl (C=O) groups is 2. The van der Waals surface area contributed by atoms with Gasteiger partial charge in [0, 0.05) is 24.7 Å². The molecule has 1 aliphatic rings. The SMILES string of the molecule is CCCCC(O)C(F)(F)/C=C/[C@H]1[C@H](O)CC(=O)[C@@H]1C/C=C\CCCC(=O)O. The number of alkyl halides is 2. The number of carbonyl (C=O) groups excluding carboxylic acids is 1. The smallest absolute Gasteiger partial charge is 0.303 e. The van der Waals surface area contributed by atoms with Crippen LogP contribution >= 0.6 is 0 Å². The van der Waals surface area contributed by atoms with Crippen molar-refractivity contribution in [2.75, 3.05) is 0 Å². The van der Waals surface area contributed by atoms with Gasteiger partial charge in [-0.25, -0.2) is 0 Å². The van der Waals surface area contributed by atoms with E-state index in [0.29, 0.717) is 38.2 Å². The van der Waals surface area contributed by atoms with E-state index in [0.717, 1.165) is 6.08 Å². The molecule has 1 rings (SSSR count). The molecule has 1 fully saturated rings. The van der Waals surface area contributed by atoms with Crippen LogP contribution in [-0.2, 0) is 9.59 Å². The fourth-order valence-electron chi connectivity index (χ4n) is 3.20. The zero-order valence-electron chi connectivity index (χ0n) is 15.7. The Hall–Kier alpha value is -1.60. The minimum absolute atomic E-state index is 0.0114. The summed E-state index contributed by atoms with van der Waals surface area (Å²) in [5, 5.41) is 28.3. The molecule has 1 aliphatic carbocycles. The highest BCUT2D eigenvalue weighted by molar-refractivity contribution is 5.84. The van der Waals surface area contributed by atoms with Crippen molar-refractivity contribution >= 4 is 11.8 Å². The van der Waals surface area contributed by atoms with E-state index in [1.54, 1.807) is 12.2 Å². The number of aliphatic hydroxyl groups excluding tert-OH is 2. The fourth-order valence-corrected chi connectivity index (χ4v) is 3.20. The van der Waals surface area contributed by atoms with Crippen molar-refractivity contribution in [2.45, 2.75) is 76.4 Å². The van der Waals surface area contributed by atoms with Gasteiger partial charge in [-0.2, -0.15) is 8.78 Å². The molecule has 1 unspecified atom stereocenters. The molecular weight excluding hydrogens is 358 g/mol. The van der Waals surface area contributed by atoms with Crippen molar-refractivity contribution in [3.63, 3.8) is 0 Å². The number of hydrogen-bond donors (Lipinski definition) is 3. The van der Waals surface area contributed by atoms with Crippen LogP contribution in [0.3, 0.4) is 0 Å². The van der Waals surface area contributed by atoms with E-state index in [2.05, 4.69) is 0 Å². The third kappa shape index (κ3) is 7.89. The Bertz CT molecular complexity index is 544. The lowest BCUT2D eigenvalue weighted by Crippen LogP contribution is -2.32. The summed E-state index contributed by atoms with van der Waals surface area (Å²) >= 11 is 0. The second-order valence-corrected chi connectivity index (χ2v) is 7.11. The molecule has 27 heavy (non-hydrogen) atoms. The van der Waals surface area contributed by atoms with E-state index in [4.69, 9.17) is 5.11 Å². The van der Waals surface area contributed by atoms with Crippen LogP contribution in [0.25, 0.3) is 0 Å². The molecule has 0 spiro atoms. The first-order valence-corrected chi connectivity index (χ1v) is 9.51. The number of hydrogen-bond acceptors (Lipinski definition) is 4. The Labute approximate surface area is 158 Å². The number of carboxylic acids is 1. The normalized spacial score (nSPS) is 24.9. The second kappa shape index (κ2) is 11.3. The van der Waals surface area contributed by atoms with Gasteiger partial charge in [0.15, 0.2) is 0 Å². The predicted molar refractivity (Wildman–Crippen MR) is 97.5 cm³/mol. The number of Topliss-reactive ketones (excluding diaryl/α,β-unsaturated/α-hetero) is 1. The molecule has 154 valence electrons. The molecule has 0 aromatic carbocycles. The van der Waals surface area contributed by atoms with Gasteiger partial charge in [0.05, 0.1) is 6.10 Å². The zero-order chi connectivity index (χ0) is 20.4. The summed E-state index contributed by atoms with van der Waals surface area (Å²) in [6, 6.07) is 0. The Morgan fingerprint density at radius 1 is 1.33 bits per heavy atom. The van der Waals surface area contributed by atoms with E-state index in [-0.39, 0.29) is 25.0 Å². The first-order valence-electron chi connectivity index (χ1n) is 9.51. The van der Waals surface area contributed by atoms with Crippen LogP contribution in [0.4, 0.5) is 8.78 Å². The topological polar surface area (TPSA) is 94.8 Å². The van der Waals surface area contributed by atoms with Crippen LogP contribution in [0.1, 0.15) is 58.3 Å². The number of unbranched alkanes of at least 4 members (excludes halogenated alkanes) is 2. The maximum absolute atomic E-state index is 14.0. The predicted octanol–water partition coefficient (Wildman–Crippen LogP) is 3.50. The van der Waals surface area contributed by atoms with Gasteiger partial charge in [-0.1, -0.05) is 38.0 Å². The summed E-state index contributed by atoms with van der Waals surface area (Å²) in [6.45, 7) is 1.85. The summed E-state index contributed by atoms with van der Waals surface area (Å²) in [4.78, 5) is 22.5. The van der Waals surface area contributed by atoms with Crippen LogP contribution in [0.15, 0.2) is 24.3 Å². The third-order valence-corrected chi connectivity index (χ3v) is 4.87. The zero-order valence-corrected chi connectivity index (χ0v) is 15.7. The van der Waals surface area contributed by atoms with Crippen molar-refractivity contribution in [2.24, 2.45) is 11.8 Å². The highest BCUT2D eigenvalue weighted by atomic mass is 19.3. The molecule has 1 saturated carbocycles. The Balaban J connectivity index is 2.66. The molecule has 0 bridgehead atoms. The summed E-state index contributed by atoms with van der Waals surface area (Å²) < 4.78 is 28.1. The molecule has 0 heterocycles. The molecule has 0 radical (unpaired) electrons. The van der Waals surface area contributed by atoms with Crippen LogP contribution in [0, 0.1) is 11.8 Å². The van der Waals surface area contributed by atoms with E-state index in [1.165, 1.54) is 0 Å². The first-order chi connectivity index (χ1) is 12.7. The van der Waals surface area contributed by atoms with Gasteiger partial charge in [-0.15, -0.1) is 0 Å². The maximum atomic E-state index is 14.0. The number of ketones is 1. The van der Waals surface area contributed by atoms with Crippen molar-refractivity contribution in [1.29, 1.82) is 0 Å². The van der Waals surface area contributed by atoms with Gasteiger partial charge in [-0.05, 0) is 31.8 Å². The number of halogens is 2. The minimum atomic E-state index is -3.41. The summed E-state index contributed by atoms with van der Waals surface area (Å²) in [6.07, 6.45) is 5.00. The Morgan fingerprint density at radius 3 is 2.67 bits per heavy atom. The van der Waals surface area contributed by atoms with Crippen LogP contribution in [-0.4, -0.2) is 45.2 Å². The maximum Gasteiger partial charge on any atom is 0.303 e. The number of aliphatic carboxylic acids is 1. The van der Waals surface area contributed by atoms with E-state index in [9.17, 15) is 28.6 Å². The average Bonchev–Trinajstić information content (AvgIpc) is 2.86. The van der Waals surface area contributed by atoms with Crippen LogP contribution in [0.5, 0.6) is 0 Å². The molecule has 0 amide bonds. The standard InChI is InChI=1S/C20H30F2O5/c1-2-3-9-18(25)20(21,22)12-11-15-14(16(23)13-17(15)24)8-6-4-5-7-10-19(26)27/h4,6,11-12,14-15,17-18,24-25H,2-3,5,7-10,13H2,1H3,(H,26,27)/b6-4-,12-11+/t14-,15-,17-,18?/m1/s1. The van der Waals surface area contributed by atoms with Crippen LogP contribution < -0.4 is 0 Å². The highest BCUT2D eigenvalue weighted by Gasteiger charge is 2.41. The van der Waals surface area contributed by atoms with Crippen molar-refractivity contribution in [3.8, 4) is 0 Å². The van der Waals surface area contributed by atoms with E-state index >= 15 is 0 Å². The number of rotatable bonds is 12. The van der Waals surface area contributed by atoms with Gasteiger partial charge in [0.2, 0.25) is 0 Å². The van der Waals surface area contributed by atoms with Crippen LogP contribution in [0.2, 0.25) is 0 Å². The molecule has 0 aromatic heterocycles. The molecule has 5 nitrogen and oxygen atoms in total. The lowest BCUT2D eigenvalue weighted by atomic mass is 9.89. The minimum Gasteiger partial charge on any atom is -0.481 e. The summed E-state index contributed by atoms with van der Waals surface area (Å²) in [5.74, 6) is -5.76. The molecule has 0 aromatic rings. The van der Waals surface area contributed by atoms with Gasteiger partial charge in [0.25, 0.3) is 5.92 Å². The Morgan fingerprint density at radius 2 is 2.04 bits per heavy atom. The van der Waals surface area contributed by atoms with Gasteiger partial charge >= 0.3 is 5.97 Å². The molecule has 0 aliphatic heterocycles. The van der Waals surface area contributed by atoms with E-state index in [1.807, 2.05) is 6.92 Å². The summed E-state index contributed by atoms with van der Waals surface area (Å²) in [7, 11) is 0. The number of carboxylic acid groups (broad SMARTS) is 1. The lowest BCUT2D eigenvalue weighted by molar-refractivity contribution is -0.137. The highest BCUT2D eigenvalue weighted by Crippen LogP contribution is 2.35. The largest absolute Gasteiger partial charge is 0.481 e. The van der Waals surface area contributed by atoms with Crippen molar-refractivity contribution in [1.82, 2.24) is 0 Å². The van der Waals surface area contributed by atoms with Gasteiger partial charge in [0.1, 0.15) is 11.9 Å². The quantitative estimate of drug-likeness (QED) is 0.351. The van der Waals surface area contributed by atoms with Crippen molar-refractivity contribution < 1.29 is 33.7 Å². The van der Waals surface area contributed by atoms with E-state index < -0.39 is 35.9 Å². The lowest BCUT2D eigenvalue weighted by Gasteiger charge is -2.21.